The topological polar surface area (TPSA) is 130 Å². The molecule has 0 spiro atoms. The fraction of sp³-hybridized carbons (Fsp3) is 0.600. The number of aliphatic carboxylic acids is 1. The predicted octanol–water partition coefficient (Wildman–Crippen LogP) is -0.0182. The van der Waals surface area contributed by atoms with Gasteiger partial charge in [-0.15, -0.1) is 10.2 Å². The molecule has 1 aliphatic rings. The fourth-order valence-corrected chi connectivity index (χ4v) is 4.67. The van der Waals surface area contributed by atoms with Gasteiger partial charge in [0.15, 0.2) is 0 Å². The van der Waals surface area contributed by atoms with Crippen LogP contribution in [0.5, 0.6) is 0 Å². The third-order valence-electron chi connectivity index (χ3n) is 2.96. The number of carbonyl (C=O) groups is 2. The second-order valence-electron chi connectivity index (χ2n) is 4.67. The van der Waals surface area contributed by atoms with Crippen LogP contribution in [-0.2, 0) is 19.6 Å². The van der Waals surface area contributed by atoms with Crippen LogP contribution in [0, 0.1) is 5.92 Å². The summed E-state index contributed by atoms with van der Waals surface area (Å²) in [5.74, 6) is -1.50. The fourth-order valence-electron chi connectivity index (χ4n) is 2.05. The van der Waals surface area contributed by atoms with Crippen molar-refractivity contribution in [1.82, 2.24) is 14.5 Å². The molecular weight excluding hydrogens is 320 g/mol. The summed E-state index contributed by atoms with van der Waals surface area (Å²) in [5, 5.41) is 18.4. The van der Waals surface area contributed by atoms with Crippen molar-refractivity contribution >= 4 is 38.4 Å². The first-order valence-corrected chi connectivity index (χ1v) is 8.37. The summed E-state index contributed by atoms with van der Waals surface area (Å²) in [6.07, 6.45) is 0.447. The molecule has 0 aromatic carbocycles. The van der Waals surface area contributed by atoms with Crippen molar-refractivity contribution < 1.29 is 23.1 Å². The third kappa shape index (κ3) is 3.74. The maximum absolute atomic E-state index is 12.3. The highest BCUT2D eigenvalue weighted by Crippen LogP contribution is 2.28. The second kappa shape index (κ2) is 6.03. The number of hydrogen-bond donors (Lipinski definition) is 2. The molecule has 0 saturated carbocycles. The number of nitrogens with zero attached hydrogens (tertiary/aromatic N) is 3. The maximum atomic E-state index is 12.3. The molecule has 1 aliphatic heterocycles. The molecule has 0 radical (unpaired) electrons. The number of anilines is 1. The zero-order valence-electron chi connectivity index (χ0n) is 11.1. The number of carboxylic acids is 1. The molecule has 1 aromatic rings. The van der Waals surface area contributed by atoms with Gasteiger partial charge in [0.1, 0.15) is 0 Å². The molecule has 116 valence electrons. The van der Waals surface area contributed by atoms with Gasteiger partial charge >= 0.3 is 5.97 Å². The molecule has 0 aliphatic carbocycles. The molecule has 2 N–H and O–H groups in total. The van der Waals surface area contributed by atoms with Crippen LogP contribution in [-0.4, -0.2) is 53.0 Å². The molecule has 2 heterocycles. The number of carboxylic acid groups (broad SMARTS) is 1. The van der Waals surface area contributed by atoms with Gasteiger partial charge in [0.25, 0.3) is 10.0 Å². The third-order valence-corrected chi connectivity index (χ3v) is 6.01. The summed E-state index contributed by atoms with van der Waals surface area (Å²) in [5.41, 5.74) is 0. The minimum absolute atomic E-state index is 0.0563. The first-order chi connectivity index (χ1) is 9.79. The van der Waals surface area contributed by atoms with Crippen molar-refractivity contribution in [1.29, 1.82) is 0 Å². The zero-order valence-corrected chi connectivity index (χ0v) is 12.8. The van der Waals surface area contributed by atoms with E-state index in [4.69, 9.17) is 5.11 Å². The summed E-state index contributed by atoms with van der Waals surface area (Å²) >= 11 is 0.770. The molecule has 9 nitrogen and oxygen atoms in total. The van der Waals surface area contributed by atoms with Crippen LogP contribution in [0.3, 0.4) is 0 Å². The van der Waals surface area contributed by atoms with Gasteiger partial charge < -0.3 is 10.4 Å². The summed E-state index contributed by atoms with van der Waals surface area (Å²) in [6, 6.07) is 0. The number of amides is 1. The quantitative estimate of drug-likeness (QED) is 0.724. The van der Waals surface area contributed by atoms with E-state index in [1.165, 1.54) is 11.2 Å². The van der Waals surface area contributed by atoms with Crippen molar-refractivity contribution in [2.75, 3.05) is 18.4 Å². The lowest BCUT2D eigenvalue weighted by molar-refractivity contribution is -0.138. The van der Waals surface area contributed by atoms with Crippen molar-refractivity contribution in [3.8, 4) is 0 Å². The number of aromatic nitrogens is 2. The predicted molar refractivity (Wildman–Crippen MR) is 73.3 cm³/mol. The Morgan fingerprint density at radius 3 is 2.81 bits per heavy atom. The molecule has 1 saturated heterocycles. The van der Waals surface area contributed by atoms with Crippen molar-refractivity contribution in [3.63, 3.8) is 0 Å². The highest BCUT2D eigenvalue weighted by Gasteiger charge is 2.35. The van der Waals surface area contributed by atoms with Gasteiger partial charge in [-0.2, -0.15) is 4.31 Å². The standard InChI is InChI=1S/C10H14N4O5S2/c1-6(15)11-9-12-13-10(20-9)21(18,19)14-3-2-7(5-14)4-8(16)17/h7H,2-5H2,1H3,(H,16,17)(H,11,12,15). The number of carbonyl (C=O) groups excluding carboxylic acids is 1. The Balaban J connectivity index is 2.10. The Kier molecular flexibility index (Phi) is 4.54. The minimum Gasteiger partial charge on any atom is -0.481 e. The summed E-state index contributed by atoms with van der Waals surface area (Å²) in [4.78, 5) is 21.5. The van der Waals surface area contributed by atoms with Gasteiger partial charge in [-0.25, -0.2) is 8.42 Å². The Bertz CT molecular complexity index is 656. The Morgan fingerprint density at radius 1 is 1.48 bits per heavy atom. The molecule has 1 atom stereocenters. The smallest absolute Gasteiger partial charge is 0.303 e. The lowest BCUT2D eigenvalue weighted by Gasteiger charge is -2.13. The van der Waals surface area contributed by atoms with Crippen LogP contribution in [0.25, 0.3) is 0 Å². The van der Waals surface area contributed by atoms with Gasteiger partial charge in [-0.05, 0) is 12.3 Å². The van der Waals surface area contributed by atoms with E-state index in [9.17, 15) is 18.0 Å². The van der Waals surface area contributed by atoms with Gasteiger partial charge in [-0.1, -0.05) is 11.3 Å². The van der Waals surface area contributed by atoms with Gasteiger partial charge in [-0.3, -0.25) is 9.59 Å². The molecule has 2 rings (SSSR count). The van der Waals surface area contributed by atoms with Crippen LogP contribution in [0.4, 0.5) is 5.13 Å². The van der Waals surface area contributed by atoms with Crippen molar-refractivity contribution in [2.24, 2.45) is 5.92 Å². The van der Waals surface area contributed by atoms with Crippen LogP contribution >= 0.6 is 11.3 Å². The van der Waals surface area contributed by atoms with Crippen LogP contribution in [0.2, 0.25) is 0 Å². The van der Waals surface area contributed by atoms with Gasteiger partial charge in [0.2, 0.25) is 15.4 Å². The number of hydrogen-bond acceptors (Lipinski definition) is 7. The first kappa shape index (κ1) is 15.8. The normalized spacial score (nSPS) is 19.6. The molecule has 11 heteroatoms. The van der Waals surface area contributed by atoms with E-state index in [-0.39, 0.29) is 40.8 Å². The van der Waals surface area contributed by atoms with Crippen molar-refractivity contribution in [2.45, 2.75) is 24.1 Å². The SMILES string of the molecule is CC(=O)Nc1nnc(S(=O)(=O)N2CCC(CC(=O)O)C2)s1. The van der Waals surface area contributed by atoms with Crippen LogP contribution in [0.15, 0.2) is 4.34 Å². The first-order valence-electron chi connectivity index (χ1n) is 6.12. The van der Waals surface area contributed by atoms with Crippen molar-refractivity contribution in [3.05, 3.63) is 0 Å². The molecule has 1 unspecified atom stereocenters. The largest absolute Gasteiger partial charge is 0.481 e. The van der Waals surface area contributed by atoms with E-state index in [0.717, 1.165) is 11.3 Å². The summed E-state index contributed by atoms with van der Waals surface area (Å²) in [6.45, 7) is 1.70. The average molecular weight is 334 g/mol. The van der Waals surface area contributed by atoms with Crippen LogP contribution < -0.4 is 5.32 Å². The summed E-state index contributed by atoms with van der Waals surface area (Å²) in [7, 11) is -3.79. The van der Waals surface area contributed by atoms with Gasteiger partial charge in [0.05, 0.1) is 0 Å². The highest BCUT2D eigenvalue weighted by molar-refractivity contribution is 7.91. The number of nitrogens with one attached hydrogen (secondary N) is 1. The van der Waals surface area contributed by atoms with E-state index >= 15 is 0 Å². The minimum atomic E-state index is -3.79. The zero-order chi connectivity index (χ0) is 15.6. The lowest BCUT2D eigenvalue weighted by Crippen LogP contribution is -2.29. The average Bonchev–Trinajstić information content (AvgIpc) is 2.97. The van der Waals surface area contributed by atoms with E-state index in [1.807, 2.05) is 0 Å². The second-order valence-corrected chi connectivity index (χ2v) is 7.76. The molecular formula is C10H14N4O5S2. The molecule has 1 fully saturated rings. The molecule has 1 aromatic heterocycles. The van der Waals surface area contributed by atoms with E-state index in [0.29, 0.717) is 6.42 Å². The van der Waals surface area contributed by atoms with E-state index < -0.39 is 16.0 Å². The van der Waals surface area contributed by atoms with Crippen LogP contribution in [0.1, 0.15) is 19.8 Å². The van der Waals surface area contributed by atoms with E-state index in [2.05, 4.69) is 15.5 Å². The molecule has 1 amide bonds. The highest BCUT2D eigenvalue weighted by atomic mass is 32.2. The maximum Gasteiger partial charge on any atom is 0.303 e. The monoisotopic (exact) mass is 334 g/mol. The summed E-state index contributed by atoms with van der Waals surface area (Å²) < 4.78 is 25.7. The lowest BCUT2D eigenvalue weighted by atomic mass is 10.1. The number of rotatable bonds is 5. The van der Waals surface area contributed by atoms with Gasteiger partial charge in [0, 0.05) is 26.4 Å². The molecule has 0 bridgehead atoms. The Hall–Kier alpha value is -1.59. The number of sulfonamides is 1. The Morgan fingerprint density at radius 2 is 2.19 bits per heavy atom. The molecule has 21 heavy (non-hydrogen) atoms. The van der Waals surface area contributed by atoms with E-state index in [1.54, 1.807) is 0 Å². The Labute approximate surface area is 125 Å².